The average Bonchev–Trinajstić information content (AvgIpc) is 3.16. The number of ether oxygens (including phenoxy) is 1. The van der Waals surface area contributed by atoms with Crippen molar-refractivity contribution >= 4 is 5.91 Å². The van der Waals surface area contributed by atoms with Crippen LogP contribution in [0.5, 0.6) is 5.75 Å². The molecule has 0 aliphatic heterocycles. The van der Waals surface area contributed by atoms with Gasteiger partial charge in [0.2, 0.25) is 0 Å². The number of aromatic nitrogens is 3. The van der Waals surface area contributed by atoms with Crippen LogP contribution in [-0.4, -0.2) is 27.8 Å². The predicted molar refractivity (Wildman–Crippen MR) is 90.2 cm³/mol. The van der Waals surface area contributed by atoms with Crippen molar-refractivity contribution in [1.29, 1.82) is 0 Å². The van der Waals surface area contributed by atoms with E-state index in [1.165, 1.54) is 6.33 Å². The number of hydrogen-bond acceptors (Lipinski definition) is 4. The minimum atomic E-state index is -0.166. The summed E-state index contributed by atoms with van der Waals surface area (Å²) in [7, 11) is 1.55. The second-order valence-corrected chi connectivity index (χ2v) is 5.33. The lowest BCUT2D eigenvalue weighted by Gasteiger charge is -2.16. The molecule has 3 rings (SSSR count). The van der Waals surface area contributed by atoms with Gasteiger partial charge in [-0.15, -0.1) is 0 Å². The summed E-state index contributed by atoms with van der Waals surface area (Å²) >= 11 is 0. The van der Waals surface area contributed by atoms with Gasteiger partial charge in [-0.2, -0.15) is 5.10 Å². The minimum Gasteiger partial charge on any atom is -0.496 e. The molecule has 0 saturated heterocycles. The molecule has 24 heavy (non-hydrogen) atoms. The van der Waals surface area contributed by atoms with E-state index in [1.807, 2.05) is 43.3 Å². The highest BCUT2D eigenvalue weighted by Gasteiger charge is 2.15. The van der Waals surface area contributed by atoms with Crippen LogP contribution in [0.25, 0.3) is 5.69 Å². The van der Waals surface area contributed by atoms with Crippen LogP contribution < -0.4 is 10.1 Å². The van der Waals surface area contributed by atoms with Gasteiger partial charge in [0, 0.05) is 0 Å². The largest absolute Gasteiger partial charge is 0.496 e. The van der Waals surface area contributed by atoms with E-state index < -0.39 is 0 Å². The monoisotopic (exact) mass is 322 g/mol. The van der Waals surface area contributed by atoms with E-state index in [4.69, 9.17) is 4.74 Å². The zero-order chi connectivity index (χ0) is 16.9. The Morgan fingerprint density at radius 1 is 1.17 bits per heavy atom. The number of rotatable bonds is 5. The van der Waals surface area contributed by atoms with E-state index in [0.717, 1.165) is 11.3 Å². The third kappa shape index (κ3) is 3.27. The first-order valence-corrected chi connectivity index (χ1v) is 7.58. The number of nitrogens with one attached hydrogen (secondary N) is 1. The lowest BCUT2D eigenvalue weighted by Crippen LogP contribution is -2.27. The second-order valence-electron chi connectivity index (χ2n) is 5.33. The Kier molecular flexibility index (Phi) is 4.56. The maximum atomic E-state index is 12.4. The summed E-state index contributed by atoms with van der Waals surface area (Å²) in [6.07, 6.45) is 3.13. The molecule has 1 amide bonds. The van der Waals surface area contributed by atoms with Crippen molar-refractivity contribution in [2.24, 2.45) is 0 Å². The van der Waals surface area contributed by atoms with Gasteiger partial charge in [-0.25, -0.2) is 9.67 Å². The Labute approximate surface area is 140 Å². The quantitative estimate of drug-likeness (QED) is 0.784. The van der Waals surface area contributed by atoms with Crippen LogP contribution in [0.1, 0.15) is 28.9 Å². The molecule has 1 heterocycles. The maximum Gasteiger partial charge on any atom is 0.255 e. The molecule has 0 saturated carbocycles. The van der Waals surface area contributed by atoms with Gasteiger partial charge in [-0.1, -0.05) is 24.3 Å². The Hall–Kier alpha value is -3.15. The fraction of sp³-hybridized carbons (Fsp3) is 0.167. The number of methoxy groups -OCH3 is 1. The van der Waals surface area contributed by atoms with Gasteiger partial charge in [0.05, 0.1) is 24.4 Å². The normalized spacial score (nSPS) is 11.8. The van der Waals surface area contributed by atoms with E-state index in [-0.39, 0.29) is 11.9 Å². The molecule has 2 aromatic carbocycles. The highest BCUT2D eigenvalue weighted by atomic mass is 16.5. The van der Waals surface area contributed by atoms with E-state index in [2.05, 4.69) is 15.4 Å². The SMILES string of the molecule is COc1ccccc1C(=O)NC(C)c1ccc(-n2cncn2)cc1. The van der Waals surface area contributed by atoms with Crippen LogP contribution in [-0.2, 0) is 0 Å². The second kappa shape index (κ2) is 6.95. The molecule has 0 fully saturated rings. The smallest absolute Gasteiger partial charge is 0.255 e. The van der Waals surface area contributed by atoms with Crippen LogP contribution in [0.4, 0.5) is 0 Å². The highest BCUT2D eigenvalue weighted by Crippen LogP contribution is 2.20. The number of benzene rings is 2. The summed E-state index contributed by atoms with van der Waals surface area (Å²) in [6, 6.07) is 14.8. The van der Waals surface area contributed by atoms with Crippen molar-refractivity contribution in [2.45, 2.75) is 13.0 Å². The standard InChI is InChI=1S/C18H18N4O2/c1-13(21-18(23)16-5-3-4-6-17(16)24-2)14-7-9-15(10-8-14)22-12-19-11-20-22/h3-13H,1-2H3,(H,21,23). The van der Waals surface area contributed by atoms with E-state index in [9.17, 15) is 4.79 Å². The fourth-order valence-corrected chi connectivity index (χ4v) is 2.45. The van der Waals surface area contributed by atoms with Crippen molar-refractivity contribution in [3.63, 3.8) is 0 Å². The Morgan fingerprint density at radius 2 is 1.92 bits per heavy atom. The third-order valence-electron chi connectivity index (χ3n) is 3.78. The third-order valence-corrected chi connectivity index (χ3v) is 3.78. The first-order chi connectivity index (χ1) is 11.7. The molecule has 0 bridgehead atoms. The van der Waals surface area contributed by atoms with Crippen LogP contribution in [0, 0.1) is 0 Å². The summed E-state index contributed by atoms with van der Waals surface area (Å²) in [6.45, 7) is 1.94. The van der Waals surface area contributed by atoms with Crippen molar-refractivity contribution in [1.82, 2.24) is 20.1 Å². The summed E-state index contributed by atoms with van der Waals surface area (Å²) in [4.78, 5) is 16.4. The van der Waals surface area contributed by atoms with Crippen LogP contribution in [0.15, 0.2) is 61.2 Å². The predicted octanol–water partition coefficient (Wildman–Crippen LogP) is 2.77. The number of amides is 1. The van der Waals surface area contributed by atoms with Gasteiger partial charge >= 0.3 is 0 Å². The van der Waals surface area contributed by atoms with Crippen LogP contribution >= 0.6 is 0 Å². The molecule has 0 radical (unpaired) electrons. The maximum absolute atomic E-state index is 12.4. The van der Waals surface area contributed by atoms with Crippen LogP contribution in [0.2, 0.25) is 0 Å². The van der Waals surface area contributed by atoms with E-state index in [1.54, 1.807) is 30.3 Å². The lowest BCUT2D eigenvalue weighted by atomic mass is 10.1. The van der Waals surface area contributed by atoms with E-state index in [0.29, 0.717) is 11.3 Å². The zero-order valence-corrected chi connectivity index (χ0v) is 13.5. The molecule has 1 N–H and O–H groups in total. The fourth-order valence-electron chi connectivity index (χ4n) is 2.45. The molecular formula is C18H18N4O2. The number of nitrogens with zero attached hydrogens (tertiary/aromatic N) is 3. The highest BCUT2D eigenvalue weighted by molar-refractivity contribution is 5.97. The van der Waals surface area contributed by atoms with Gasteiger partial charge in [0.1, 0.15) is 18.4 Å². The van der Waals surface area contributed by atoms with Crippen molar-refractivity contribution in [2.75, 3.05) is 7.11 Å². The van der Waals surface area contributed by atoms with Crippen molar-refractivity contribution in [3.8, 4) is 11.4 Å². The summed E-state index contributed by atoms with van der Waals surface area (Å²) < 4.78 is 6.92. The van der Waals surface area contributed by atoms with Crippen LogP contribution in [0.3, 0.4) is 0 Å². The van der Waals surface area contributed by atoms with Gasteiger partial charge in [0.15, 0.2) is 0 Å². The number of carbonyl (C=O) groups excluding carboxylic acids is 1. The van der Waals surface area contributed by atoms with Gasteiger partial charge in [0.25, 0.3) is 5.91 Å². The lowest BCUT2D eigenvalue weighted by molar-refractivity contribution is 0.0937. The topological polar surface area (TPSA) is 69.0 Å². The number of carbonyl (C=O) groups is 1. The molecule has 0 aliphatic carbocycles. The van der Waals surface area contributed by atoms with Gasteiger partial charge < -0.3 is 10.1 Å². The zero-order valence-electron chi connectivity index (χ0n) is 13.5. The minimum absolute atomic E-state index is 0.132. The molecule has 1 unspecified atom stereocenters. The Bertz CT molecular complexity index is 813. The van der Waals surface area contributed by atoms with Crippen molar-refractivity contribution < 1.29 is 9.53 Å². The molecule has 1 atom stereocenters. The average molecular weight is 322 g/mol. The molecule has 1 aromatic heterocycles. The molecule has 6 heteroatoms. The van der Waals surface area contributed by atoms with Crippen molar-refractivity contribution in [3.05, 3.63) is 72.3 Å². The molecule has 122 valence electrons. The first-order valence-electron chi connectivity index (χ1n) is 7.58. The summed E-state index contributed by atoms with van der Waals surface area (Å²) in [5.74, 6) is 0.393. The van der Waals surface area contributed by atoms with Gasteiger partial charge in [-0.3, -0.25) is 4.79 Å². The molecule has 0 spiro atoms. The summed E-state index contributed by atoms with van der Waals surface area (Å²) in [5, 5.41) is 7.08. The Morgan fingerprint density at radius 3 is 2.58 bits per heavy atom. The molecule has 3 aromatic rings. The molecule has 0 aliphatic rings. The Balaban J connectivity index is 1.72. The molecule has 6 nitrogen and oxygen atoms in total. The van der Waals surface area contributed by atoms with E-state index >= 15 is 0 Å². The van der Waals surface area contributed by atoms with Gasteiger partial charge in [-0.05, 0) is 36.8 Å². The molecular weight excluding hydrogens is 304 g/mol. The number of para-hydroxylation sites is 1. The number of hydrogen-bond donors (Lipinski definition) is 1. The first kappa shape index (κ1) is 15.7. The summed E-state index contributed by atoms with van der Waals surface area (Å²) in [5.41, 5.74) is 2.44.